The van der Waals surface area contributed by atoms with Crippen LogP contribution in [0.1, 0.15) is 57.8 Å². The number of fused-ring (bicyclic) bond motifs is 2. The molecule has 1 spiro atoms. The molecular formula is C13H20O2. The first-order valence-corrected chi connectivity index (χ1v) is 6.55. The highest BCUT2D eigenvalue weighted by atomic mass is 16.6. The summed E-state index contributed by atoms with van der Waals surface area (Å²) in [6.07, 6.45) is 11.0. The zero-order chi connectivity index (χ0) is 10.3. The van der Waals surface area contributed by atoms with E-state index in [4.69, 9.17) is 4.74 Å². The SMILES string of the molecule is O=C1OC2(CCCCC2)[C@H]2CCCC[C@H]12. The maximum Gasteiger partial charge on any atom is 0.309 e. The normalized spacial score (nSPS) is 38.8. The van der Waals surface area contributed by atoms with Gasteiger partial charge in [0.25, 0.3) is 0 Å². The van der Waals surface area contributed by atoms with Crippen molar-refractivity contribution in [2.75, 3.05) is 0 Å². The summed E-state index contributed by atoms with van der Waals surface area (Å²) < 4.78 is 5.80. The van der Waals surface area contributed by atoms with Crippen molar-refractivity contribution >= 4 is 5.97 Å². The molecule has 1 heterocycles. The van der Waals surface area contributed by atoms with E-state index < -0.39 is 0 Å². The maximum absolute atomic E-state index is 11.9. The first-order valence-electron chi connectivity index (χ1n) is 6.55. The van der Waals surface area contributed by atoms with Crippen molar-refractivity contribution in [3.05, 3.63) is 0 Å². The van der Waals surface area contributed by atoms with Gasteiger partial charge in [0.15, 0.2) is 0 Å². The van der Waals surface area contributed by atoms with E-state index in [-0.39, 0.29) is 17.5 Å². The van der Waals surface area contributed by atoms with Gasteiger partial charge in [-0.3, -0.25) is 4.79 Å². The largest absolute Gasteiger partial charge is 0.459 e. The predicted molar refractivity (Wildman–Crippen MR) is 57.4 cm³/mol. The summed E-state index contributed by atoms with van der Waals surface area (Å²) in [5.41, 5.74) is -0.0135. The molecule has 0 aromatic rings. The van der Waals surface area contributed by atoms with Crippen LogP contribution in [0.25, 0.3) is 0 Å². The van der Waals surface area contributed by atoms with Crippen molar-refractivity contribution in [2.45, 2.75) is 63.4 Å². The Labute approximate surface area is 91.4 Å². The molecule has 0 bridgehead atoms. The van der Waals surface area contributed by atoms with Crippen molar-refractivity contribution in [1.82, 2.24) is 0 Å². The highest BCUT2D eigenvalue weighted by Gasteiger charge is 2.55. The summed E-state index contributed by atoms with van der Waals surface area (Å²) in [7, 11) is 0. The number of carbonyl (C=O) groups excluding carboxylic acids is 1. The van der Waals surface area contributed by atoms with Crippen molar-refractivity contribution in [1.29, 1.82) is 0 Å². The van der Waals surface area contributed by atoms with Crippen LogP contribution in [0.5, 0.6) is 0 Å². The number of hydrogen-bond donors (Lipinski definition) is 0. The number of ether oxygens (including phenoxy) is 1. The molecule has 3 rings (SSSR count). The minimum atomic E-state index is -0.0135. The van der Waals surface area contributed by atoms with Gasteiger partial charge in [-0.2, -0.15) is 0 Å². The molecule has 2 nitrogen and oxygen atoms in total. The van der Waals surface area contributed by atoms with Crippen LogP contribution in [0.4, 0.5) is 0 Å². The summed E-state index contributed by atoms with van der Waals surface area (Å²) in [6, 6.07) is 0. The number of esters is 1. The van der Waals surface area contributed by atoms with E-state index in [0.717, 1.165) is 19.3 Å². The first kappa shape index (κ1) is 9.68. The fraction of sp³-hybridized carbons (Fsp3) is 0.923. The maximum atomic E-state index is 11.9. The molecular weight excluding hydrogens is 188 g/mol. The first-order chi connectivity index (χ1) is 7.32. The monoisotopic (exact) mass is 208 g/mol. The number of carbonyl (C=O) groups is 1. The Bertz CT molecular complexity index is 266. The molecule has 2 heteroatoms. The lowest BCUT2D eigenvalue weighted by Gasteiger charge is -2.39. The molecule has 2 saturated carbocycles. The standard InChI is InChI=1S/C13H20O2/c14-12-10-6-2-3-7-11(10)13(15-12)8-4-1-5-9-13/h10-11H,1-9H2/t10-,11-/m0/s1. The molecule has 1 saturated heterocycles. The van der Waals surface area contributed by atoms with Crippen LogP contribution in [0.15, 0.2) is 0 Å². The molecule has 84 valence electrons. The van der Waals surface area contributed by atoms with Crippen LogP contribution < -0.4 is 0 Å². The Morgan fingerprint density at radius 2 is 1.73 bits per heavy atom. The molecule has 2 aliphatic carbocycles. The van der Waals surface area contributed by atoms with E-state index in [0.29, 0.717) is 5.92 Å². The number of hydrogen-bond acceptors (Lipinski definition) is 2. The van der Waals surface area contributed by atoms with Crippen molar-refractivity contribution in [3.8, 4) is 0 Å². The topological polar surface area (TPSA) is 26.3 Å². The van der Waals surface area contributed by atoms with E-state index in [1.54, 1.807) is 0 Å². The Kier molecular flexibility index (Phi) is 2.26. The van der Waals surface area contributed by atoms with Crippen LogP contribution in [-0.4, -0.2) is 11.6 Å². The molecule has 0 aromatic heterocycles. The highest BCUT2D eigenvalue weighted by molar-refractivity contribution is 5.76. The minimum Gasteiger partial charge on any atom is -0.459 e. The van der Waals surface area contributed by atoms with Crippen molar-refractivity contribution in [2.24, 2.45) is 11.8 Å². The second kappa shape index (κ2) is 3.50. The summed E-state index contributed by atoms with van der Waals surface area (Å²) in [5, 5.41) is 0. The second-order valence-corrected chi connectivity index (χ2v) is 5.54. The van der Waals surface area contributed by atoms with Crippen molar-refractivity contribution < 1.29 is 9.53 Å². The third kappa shape index (κ3) is 1.41. The van der Waals surface area contributed by atoms with Gasteiger partial charge >= 0.3 is 5.97 Å². The zero-order valence-corrected chi connectivity index (χ0v) is 9.34. The Morgan fingerprint density at radius 1 is 1.00 bits per heavy atom. The van der Waals surface area contributed by atoms with Gasteiger partial charge < -0.3 is 4.74 Å². The average molecular weight is 208 g/mol. The Morgan fingerprint density at radius 3 is 2.53 bits per heavy atom. The fourth-order valence-corrected chi connectivity index (χ4v) is 4.02. The van der Waals surface area contributed by atoms with Crippen molar-refractivity contribution in [3.63, 3.8) is 0 Å². The lowest BCUT2D eigenvalue weighted by molar-refractivity contribution is -0.153. The molecule has 3 aliphatic rings. The highest BCUT2D eigenvalue weighted by Crippen LogP contribution is 2.51. The molecule has 0 amide bonds. The molecule has 0 aromatic carbocycles. The van der Waals surface area contributed by atoms with Crippen LogP contribution in [0.3, 0.4) is 0 Å². The smallest absolute Gasteiger partial charge is 0.309 e. The molecule has 0 radical (unpaired) electrons. The van der Waals surface area contributed by atoms with E-state index in [1.807, 2.05) is 0 Å². The molecule has 1 aliphatic heterocycles. The summed E-state index contributed by atoms with van der Waals surface area (Å²) >= 11 is 0. The van der Waals surface area contributed by atoms with Gasteiger partial charge in [-0.05, 0) is 38.5 Å². The predicted octanol–water partition coefficient (Wildman–Crippen LogP) is 3.05. The molecule has 3 fully saturated rings. The van der Waals surface area contributed by atoms with Crippen LogP contribution in [0.2, 0.25) is 0 Å². The summed E-state index contributed by atoms with van der Waals surface area (Å²) in [6.45, 7) is 0. The quantitative estimate of drug-likeness (QED) is 0.572. The Balaban J connectivity index is 1.86. The van der Waals surface area contributed by atoms with E-state index in [1.165, 1.54) is 38.5 Å². The van der Waals surface area contributed by atoms with Crippen LogP contribution in [-0.2, 0) is 9.53 Å². The lowest BCUT2D eigenvalue weighted by Crippen LogP contribution is -2.39. The second-order valence-electron chi connectivity index (χ2n) is 5.54. The van der Waals surface area contributed by atoms with E-state index >= 15 is 0 Å². The molecule has 0 unspecified atom stereocenters. The zero-order valence-electron chi connectivity index (χ0n) is 9.34. The van der Waals surface area contributed by atoms with Gasteiger partial charge in [-0.1, -0.05) is 19.3 Å². The van der Waals surface area contributed by atoms with Gasteiger partial charge in [-0.25, -0.2) is 0 Å². The molecule has 15 heavy (non-hydrogen) atoms. The Hall–Kier alpha value is -0.530. The fourth-order valence-electron chi connectivity index (χ4n) is 4.02. The third-order valence-corrected chi connectivity index (χ3v) is 4.75. The summed E-state index contributed by atoms with van der Waals surface area (Å²) in [5.74, 6) is 0.956. The molecule has 2 atom stereocenters. The van der Waals surface area contributed by atoms with Gasteiger partial charge in [0.2, 0.25) is 0 Å². The number of rotatable bonds is 0. The van der Waals surface area contributed by atoms with Gasteiger partial charge in [0.05, 0.1) is 5.92 Å². The molecule has 0 N–H and O–H groups in total. The minimum absolute atomic E-state index is 0.0135. The lowest BCUT2D eigenvalue weighted by atomic mass is 9.67. The third-order valence-electron chi connectivity index (χ3n) is 4.75. The average Bonchev–Trinajstić information content (AvgIpc) is 2.55. The summed E-state index contributed by atoms with van der Waals surface area (Å²) in [4.78, 5) is 11.9. The van der Waals surface area contributed by atoms with Gasteiger partial charge in [0, 0.05) is 5.92 Å². The van der Waals surface area contributed by atoms with Crippen LogP contribution in [0, 0.1) is 11.8 Å². The van der Waals surface area contributed by atoms with Gasteiger partial charge in [-0.15, -0.1) is 0 Å². The van der Waals surface area contributed by atoms with E-state index in [2.05, 4.69) is 0 Å². The van der Waals surface area contributed by atoms with Crippen LogP contribution >= 0.6 is 0 Å². The van der Waals surface area contributed by atoms with Gasteiger partial charge in [0.1, 0.15) is 5.60 Å². The van der Waals surface area contributed by atoms with E-state index in [9.17, 15) is 4.79 Å².